The van der Waals surface area contributed by atoms with E-state index in [1.165, 1.54) is 16.7 Å². The van der Waals surface area contributed by atoms with Crippen LogP contribution in [0.25, 0.3) is 21.9 Å². The molecule has 0 N–H and O–H groups in total. The molecular weight excluding hydrogens is 268 g/mol. The van der Waals surface area contributed by atoms with E-state index in [2.05, 4.69) is 50.2 Å². The number of hydrogen-bond donors (Lipinski definition) is 0. The van der Waals surface area contributed by atoms with Crippen LogP contribution < -0.4 is 0 Å². The minimum absolute atomic E-state index is 0.665. The number of carbonyl (C=O) groups is 1. The molecular formula is C21H20O. The fraction of sp³-hybridized carbons (Fsp3) is 0.190. The summed E-state index contributed by atoms with van der Waals surface area (Å²) in [5.41, 5.74) is 4.49. The molecule has 3 aromatic rings. The standard InChI is InChI=1S/C21H20O/c1-15(2)13-16-9-11-17(12-10-16)19-6-4-7-20-18(14-22)5-3-8-21(19)20/h3-12,14-15H,13H2,1-2H3. The van der Waals surface area contributed by atoms with Gasteiger partial charge in [0.25, 0.3) is 0 Å². The van der Waals surface area contributed by atoms with Crippen LogP contribution in [0.15, 0.2) is 60.7 Å². The maximum Gasteiger partial charge on any atom is 0.150 e. The van der Waals surface area contributed by atoms with E-state index in [0.29, 0.717) is 5.92 Å². The smallest absolute Gasteiger partial charge is 0.150 e. The van der Waals surface area contributed by atoms with Crippen LogP contribution in [-0.4, -0.2) is 6.29 Å². The van der Waals surface area contributed by atoms with Crippen LogP contribution in [-0.2, 0) is 6.42 Å². The largest absolute Gasteiger partial charge is 0.298 e. The number of fused-ring (bicyclic) bond motifs is 1. The van der Waals surface area contributed by atoms with E-state index in [1.807, 2.05) is 24.3 Å². The zero-order valence-electron chi connectivity index (χ0n) is 13.0. The Kier molecular flexibility index (Phi) is 4.06. The summed E-state index contributed by atoms with van der Waals surface area (Å²) in [5, 5.41) is 2.14. The number of benzene rings is 3. The lowest BCUT2D eigenvalue weighted by molar-refractivity contribution is 0.112. The first-order chi connectivity index (χ1) is 10.7. The highest BCUT2D eigenvalue weighted by atomic mass is 16.1. The van der Waals surface area contributed by atoms with Gasteiger partial charge in [-0.25, -0.2) is 0 Å². The van der Waals surface area contributed by atoms with Crippen molar-refractivity contribution in [1.82, 2.24) is 0 Å². The van der Waals surface area contributed by atoms with E-state index in [0.717, 1.165) is 29.0 Å². The van der Waals surface area contributed by atoms with Gasteiger partial charge in [-0.05, 0) is 39.8 Å². The van der Waals surface area contributed by atoms with Crippen LogP contribution in [0, 0.1) is 5.92 Å². The van der Waals surface area contributed by atoms with Crippen LogP contribution >= 0.6 is 0 Å². The van der Waals surface area contributed by atoms with Gasteiger partial charge in [-0.15, -0.1) is 0 Å². The number of hydrogen-bond acceptors (Lipinski definition) is 1. The normalized spacial score (nSPS) is 11.0. The highest BCUT2D eigenvalue weighted by Crippen LogP contribution is 2.30. The van der Waals surface area contributed by atoms with Gasteiger partial charge in [-0.1, -0.05) is 74.5 Å². The minimum atomic E-state index is 0.665. The lowest BCUT2D eigenvalue weighted by Gasteiger charge is -2.10. The molecule has 0 spiro atoms. The van der Waals surface area contributed by atoms with Crippen LogP contribution in [0.4, 0.5) is 0 Å². The molecule has 0 unspecified atom stereocenters. The monoisotopic (exact) mass is 288 g/mol. The molecule has 3 aromatic carbocycles. The van der Waals surface area contributed by atoms with E-state index < -0.39 is 0 Å². The molecule has 0 aliphatic heterocycles. The molecule has 3 rings (SSSR count). The highest BCUT2D eigenvalue weighted by Gasteiger charge is 2.06. The molecule has 0 saturated heterocycles. The summed E-state index contributed by atoms with van der Waals surface area (Å²) in [5.74, 6) is 0.665. The third-order valence-electron chi connectivity index (χ3n) is 3.99. The molecule has 0 aliphatic carbocycles. The van der Waals surface area contributed by atoms with E-state index in [-0.39, 0.29) is 0 Å². The first kappa shape index (κ1) is 14.5. The van der Waals surface area contributed by atoms with Crippen LogP contribution in [0.1, 0.15) is 29.8 Å². The van der Waals surface area contributed by atoms with E-state index in [9.17, 15) is 4.79 Å². The first-order valence-electron chi connectivity index (χ1n) is 7.75. The Morgan fingerprint density at radius 2 is 1.55 bits per heavy atom. The van der Waals surface area contributed by atoms with Crippen molar-refractivity contribution in [2.24, 2.45) is 5.92 Å². The zero-order valence-corrected chi connectivity index (χ0v) is 13.0. The van der Waals surface area contributed by atoms with Gasteiger partial charge in [-0.2, -0.15) is 0 Å². The van der Waals surface area contributed by atoms with Crippen molar-refractivity contribution < 1.29 is 4.79 Å². The Labute approximate surface area is 131 Å². The van der Waals surface area contributed by atoms with E-state index in [1.54, 1.807) is 0 Å². The summed E-state index contributed by atoms with van der Waals surface area (Å²) in [4.78, 5) is 11.2. The first-order valence-corrected chi connectivity index (χ1v) is 7.75. The average molecular weight is 288 g/mol. The van der Waals surface area contributed by atoms with Gasteiger partial charge in [0, 0.05) is 5.56 Å². The molecule has 1 nitrogen and oxygen atoms in total. The van der Waals surface area contributed by atoms with E-state index in [4.69, 9.17) is 0 Å². The molecule has 0 atom stereocenters. The Bertz CT molecular complexity index is 798. The van der Waals surface area contributed by atoms with Crippen molar-refractivity contribution in [2.75, 3.05) is 0 Å². The van der Waals surface area contributed by atoms with Crippen LogP contribution in [0.3, 0.4) is 0 Å². The van der Waals surface area contributed by atoms with Gasteiger partial charge >= 0.3 is 0 Å². The summed E-state index contributed by atoms with van der Waals surface area (Å²) in [6, 6.07) is 20.8. The summed E-state index contributed by atoms with van der Waals surface area (Å²) in [6.45, 7) is 4.47. The molecule has 0 amide bonds. The van der Waals surface area contributed by atoms with E-state index >= 15 is 0 Å². The molecule has 0 saturated carbocycles. The van der Waals surface area contributed by atoms with Crippen molar-refractivity contribution in [3.05, 3.63) is 71.8 Å². The SMILES string of the molecule is CC(C)Cc1ccc(-c2cccc3c(C=O)cccc23)cc1. The number of carbonyl (C=O) groups excluding carboxylic acids is 1. The lowest BCUT2D eigenvalue weighted by atomic mass is 9.94. The topological polar surface area (TPSA) is 17.1 Å². The van der Waals surface area contributed by atoms with Gasteiger partial charge in [0.15, 0.2) is 6.29 Å². The van der Waals surface area contributed by atoms with Gasteiger partial charge in [0.05, 0.1) is 0 Å². The molecule has 0 heterocycles. The van der Waals surface area contributed by atoms with Crippen LogP contribution in [0.2, 0.25) is 0 Å². The molecule has 0 aromatic heterocycles. The summed E-state index contributed by atoms with van der Waals surface area (Å²) in [6.07, 6.45) is 2.03. The molecule has 0 aliphatic rings. The fourth-order valence-corrected chi connectivity index (χ4v) is 2.98. The second-order valence-corrected chi connectivity index (χ2v) is 6.16. The molecule has 0 fully saturated rings. The second kappa shape index (κ2) is 6.15. The summed E-state index contributed by atoms with van der Waals surface area (Å²) in [7, 11) is 0. The Morgan fingerprint density at radius 3 is 2.23 bits per heavy atom. The fourth-order valence-electron chi connectivity index (χ4n) is 2.98. The van der Waals surface area contributed by atoms with Crippen molar-refractivity contribution in [1.29, 1.82) is 0 Å². The quantitative estimate of drug-likeness (QED) is 0.578. The van der Waals surface area contributed by atoms with Gasteiger partial charge in [-0.3, -0.25) is 4.79 Å². The van der Waals surface area contributed by atoms with Crippen LogP contribution in [0.5, 0.6) is 0 Å². The maximum absolute atomic E-state index is 11.2. The Morgan fingerprint density at radius 1 is 0.864 bits per heavy atom. The third kappa shape index (κ3) is 2.80. The predicted octanol–water partition coefficient (Wildman–Crippen LogP) is 5.52. The number of rotatable bonds is 4. The third-order valence-corrected chi connectivity index (χ3v) is 3.99. The predicted molar refractivity (Wildman–Crippen MR) is 93.3 cm³/mol. The molecule has 0 bridgehead atoms. The molecule has 0 radical (unpaired) electrons. The Hall–Kier alpha value is -2.41. The molecule has 1 heteroatoms. The maximum atomic E-state index is 11.2. The van der Waals surface area contributed by atoms with Gasteiger partial charge < -0.3 is 0 Å². The second-order valence-electron chi connectivity index (χ2n) is 6.16. The highest BCUT2D eigenvalue weighted by molar-refractivity contribution is 6.04. The zero-order chi connectivity index (χ0) is 15.5. The van der Waals surface area contributed by atoms with Crippen molar-refractivity contribution in [3.63, 3.8) is 0 Å². The minimum Gasteiger partial charge on any atom is -0.298 e. The average Bonchev–Trinajstić information content (AvgIpc) is 2.54. The number of aldehydes is 1. The van der Waals surface area contributed by atoms with Gasteiger partial charge in [0.2, 0.25) is 0 Å². The Balaban J connectivity index is 2.08. The summed E-state index contributed by atoms with van der Waals surface area (Å²) < 4.78 is 0. The lowest BCUT2D eigenvalue weighted by Crippen LogP contribution is -1.93. The van der Waals surface area contributed by atoms with Gasteiger partial charge in [0.1, 0.15) is 0 Å². The molecule has 110 valence electrons. The molecule has 22 heavy (non-hydrogen) atoms. The van der Waals surface area contributed by atoms with Crippen molar-refractivity contribution in [3.8, 4) is 11.1 Å². The van der Waals surface area contributed by atoms with Crippen molar-refractivity contribution >= 4 is 17.1 Å². The van der Waals surface area contributed by atoms with Crippen molar-refractivity contribution in [2.45, 2.75) is 20.3 Å². The summed E-state index contributed by atoms with van der Waals surface area (Å²) >= 11 is 0.